The van der Waals surface area contributed by atoms with Crippen molar-refractivity contribution in [3.05, 3.63) is 53.9 Å². The lowest BCUT2D eigenvalue weighted by molar-refractivity contribution is 0.0954. The number of hydrogen-bond acceptors (Lipinski definition) is 3. The summed E-state index contributed by atoms with van der Waals surface area (Å²) in [4.78, 5) is 16.0. The largest absolute Gasteiger partial charge is 0.355 e. The fourth-order valence-corrected chi connectivity index (χ4v) is 2.02. The topological polar surface area (TPSA) is 83.3 Å². The highest BCUT2D eigenvalue weighted by molar-refractivity contribution is 14.0. The van der Waals surface area contributed by atoms with E-state index in [2.05, 4.69) is 26.0 Å². The molecular formula is C16H23IN6O. The van der Waals surface area contributed by atoms with Crippen LogP contribution >= 0.6 is 24.0 Å². The van der Waals surface area contributed by atoms with E-state index in [1.54, 1.807) is 30.1 Å². The molecule has 0 radical (unpaired) electrons. The Bertz CT molecular complexity index is 656. The van der Waals surface area contributed by atoms with Crippen molar-refractivity contribution in [2.45, 2.75) is 6.54 Å². The summed E-state index contributed by atoms with van der Waals surface area (Å²) in [6.45, 7) is 1.73. The van der Waals surface area contributed by atoms with E-state index < -0.39 is 0 Å². The van der Waals surface area contributed by atoms with Crippen molar-refractivity contribution in [3.63, 3.8) is 0 Å². The molecule has 0 saturated carbocycles. The van der Waals surface area contributed by atoms with Crippen LogP contribution in [0.15, 0.2) is 47.6 Å². The van der Waals surface area contributed by atoms with Crippen LogP contribution in [0.4, 0.5) is 0 Å². The van der Waals surface area contributed by atoms with Crippen LogP contribution in [0.5, 0.6) is 0 Å². The number of hydrogen-bond donors (Lipinski definition) is 3. The molecule has 1 heterocycles. The van der Waals surface area contributed by atoms with E-state index in [0.29, 0.717) is 31.2 Å². The number of benzene rings is 1. The van der Waals surface area contributed by atoms with E-state index >= 15 is 0 Å². The van der Waals surface area contributed by atoms with Gasteiger partial charge in [-0.05, 0) is 18.2 Å². The molecule has 0 spiro atoms. The van der Waals surface area contributed by atoms with Gasteiger partial charge in [-0.1, -0.05) is 18.2 Å². The lowest BCUT2D eigenvalue weighted by atomic mass is 10.2. The van der Waals surface area contributed by atoms with Crippen LogP contribution in [0.1, 0.15) is 16.1 Å². The molecule has 2 aromatic rings. The van der Waals surface area contributed by atoms with Crippen LogP contribution in [0.2, 0.25) is 0 Å². The molecule has 7 nitrogen and oxygen atoms in total. The molecule has 8 heteroatoms. The van der Waals surface area contributed by atoms with Crippen LogP contribution in [-0.4, -0.2) is 41.8 Å². The molecule has 2 rings (SSSR count). The molecule has 3 N–H and O–H groups in total. The Morgan fingerprint density at radius 2 is 1.83 bits per heavy atom. The van der Waals surface area contributed by atoms with Gasteiger partial charge in [0.1, 0.15) is 0 Å². The summed E-state index contributed by atoms with van der Waals surface area (Å²) in [6, 6.07) is 11.1. The Labute approximate surface area is 159 Å². The zero-order valence-corrected chi connectivity index (χ0v) is 16.2. The molecule has 24 heavy (non-hydrogen) atoms. The van der Waals surface area contributed by atoms with Crippen molar-refractivity contribution in [1.82, 2.24) is 25.7 Å². The fourth-order valence-electron chi connectivity index (χ4n) is 2.02. The summed E-state index contributed by atoms with van der Waals surface area (Å²) < 4.78 is 1.81. The number of carbonyl (C=O) groups excluding carboxylic acids is 1. The second-order valence-electron chi connectivity index (χ2n) is 4.92. The Morgan fingerprint density at radius 3 is 2.46 bits per heavy atom. The molecule has 1 aromatic carbocycles. The average Bonchev–Trinajstić information content (AvgIpc) is 3.00. The SMILES string of the molecule is CN=C(NCCNC(=O)c1ccccc1)NCc1ccnn1C.I. The minimum Gasteiger partial charge on any atom is -0.355 e. The minimum absolute atomic E-state index is 0. The maximum Gasteiger partial charge on any atom is 0.251 e. The number of halogens is 1. The highest BCUT2D eigenvalue weighted by atomic mass is 127. The van der Waals surface area contributed by atoms with E-state index in [1.807, 2.05) is 31.3 Å². The van der Waals surface area contributed by atoms with Gasteiger partial charge >= 0.3 is 0 Å². The Morgan fingerprint density at radius 1 is 1.12 bits per heavy atom. The van der Waals surface area contributed by atoms with Gasteiger partial charge in [-0.25, -0.2) is 0 Å². The molecule has 1 aromatic heterocycles. The summed E-state index contributed by atoms with van der Waals surface area (Å²) in [5.41, 5.74) is 1.72. The monoisotopic (exact) mass is 442 g/mol. The molecule has 0 aliphatic rings. The average molecular weight is 442 g/mol. The second kappa shape index (κ2) is 10.6. The molecule has 130 valence electrons. The third kappa shape index (κ3) is 6.19. The minimum atomic E-state index is -0.0785. The van der Waals surface area contributed by atoms with E-state index in [0.717, 1.165) is 5.69 Å². The molecule has 0 saturated heterocycles. The summed E-state index contributed by atoms with van der Waals surface area (Å²) in [7, 11) is 3.60. The third-order valence-electron chi connectivity index (χ3n) is 3.32. The van der Waals surface area contributed by atoms with E-state index in [9.17, 15) is 4.79 Å². The molecule has 0 unspecified atom stereocenters. The Hall–Kier alpha value is -2.10. The maximum atomic E-state index is 11.9. The highest BCUT2D eigenvalue weighted by Crippen LogP contribution is 1.97. The summed E-state index contributed by atoms with van der Waals surface area (Å²) in [5.74, 6) is 0.602. The van der Waals surface area contributed by atoms with Gasteiger partial charge in [-0.3, -0.25) is 14.5 Å². The third-order valence-corrected chi connectivity index (χ3v) is 3.32. The standard InChI is InChI=1S/C16H22N6O.HI/c1-17-16(20-12-14-8-9-21-22(14)2)19-11-10-18-15(23)13-6-4-3-5-7-13;/h3-9H,10-12H2,1-2H3,(H,18,23)(H2,17,19,20);1H. The van der Waals surface area contributed by atoms with Gasteiger partial charge in [0.25, 0.3) is 5.91 Å². The highest BCUT2D eigenvalue weighted by Gasteiger charge is 2.04. The van der Waals surface area contributed by atoms with Crippen LogP contribution in [0.3, 0.4) is 0 Å². The van der Waals surface area contributed by atoms with Crippen molar-refractivity contribution < 1.29 is 4.79 Å². The number of aliphatic imine (C=N–C) groups is 1. The maximum absolute atomic E-state index is 11.9. The number of nitrogens with one attached hydrogen (secondary N) is 3. The zero-order valence-electron chi connectivity index (χ0n) is 13.8. The number of aryl methyl sites for hydroxylation is 1. The molecule has 1 amide bonds. The van der Waals surface area contributed by atoms with E-state index in [4.69, 9.17) is 0 Å². The lowest BCUT2D eigenvalue weighted by Crippen LogP contribution is -2.41. The molecule has 0 aliphatic heterocycles. The van der Waals surface area contributed by atoms with Gasteiger partial charge in [0.2, 0.25) is 0 Å². The molecule has 0 bridgehead atoms. The van der Waals surface area contributed by atoms with Crippen molar-refractivity contribution in [1.29, 1.82) is 0 Å². The molecular weight excluding hydrogens is 419 g/mol. The van der Waals surface area contributed by atoms with Crippen LogP contribution in [-0.2, 0) is 13.6 Å². The van der Waals surface area contributed by atoms with Crippen molar-refractivity contribution in [3.8, 4) is 0 Å². The van der Waals surface area contributed by atoms with Gasteiger partial charge < -0.3 is 16.0 Å². The Kier molecular flexibility index (Phi) is 8.84. The quantitative estimate of drug-likeness (QED) is 0.271. The lowest BCUT2D eigenvalue weighted by Gasteiger charge is -2.12. The number of nitrogens with zero attached hydrogens (tertiary/aromatic N) is 3. The van der Waals surface area contributed by atoms with Gasteiger partial charge in [0, 0.05) is 38.9 Å². The summed E-state index contributed by atoms with van der Waals surface area (Å²) in [6.07, 6.45) is 1.76. The number of carbonyl (C=O) groups is 1. The first-order valence-corrected chi connectivity index (χ1v) is 7.45. The molecule has 0 fully saturated rings. The number of guanidine groups is 1. The van der Waals surface area contributed by atoms with Crippen molar-refractivity contribution >= 4 is 35.8 Å². The molecule has 0 atom stereocenters. The number of rotatable bonds is 6. The first-order chi connectivity index (χ1) is 11.2. The first-order valence-electron chi connectivity index (χ1n) is 7.45. The first kappa shape index (κ1) is 19.9. The van der Waals surface area contributed by atoms with Gasteiger partial charge in [-0.2, -0.15) is 5.10 Å². The van der Waals surface area contributed by atoms with Gasteiger partial charge in [-0.15, -0.1) is 24.0 Å². The van der Waals surface area contributed by atoms with Crippen molar-refractivity contribution in [2.75, 3.05) is 20.1 Å². The Balaban J connectivity index is 0.00000288. The summed E-state index contributed by atoms with van der Waals surface area (Å²) >= 11 is 0. The van der Waals surface area contributed by atoms with Crippen LogP contribution < -0.4 is 16.0 Å². The fraction of sp³-hybridized carbons (Fsp3) is 0.312. The van der Waals surface area contributed by atoms with Crippen LogP contribution in [0.25, 0.3) is 0 Å². The second-order valence-corrected chi connectivity index (χ2v) is 4.92. The van der Waals surface area contributed by atoms with E-state index in [-0.39, 0.29) is 29.9 Å². The summed E-state index contributed by atoms with van der Waals surface area (Å²) in [5, 5.41) is 13.3. The zero-order chi connectivity index (χ0) is 16.5. The molecule has 0 aliphatic carbocycles. The van der Waals surface area contributed by atoms with E-state index in [1.165, 1.54) is 0 Å². The van der Waals surface area contributed by atoms with Gasteiger partial charge in [0.05, 0.1) is 12.2 Å². The number of amides is 1. The van der Waals surface area contributed by atoms with Crippen LogP contribution in [0, 0.1) is 0 Å². The normalized spacial score (nSPS) is 10.7. The smallest absolute Gasteiger partial charge is 0.251 e. The van der Waals surface area contributed by atoms with Gasteiger partial charge in [0.15, 0.2) is 5.96 Å². The number of aromatic nitrogens is 2. The van der Waals surface area contributed by atoms with Crippen molar-refractivity contribution in [2.24, 2.45) is 12.0 Å². The predicted octanol–water partition coefficient (Wildman–Crippen LogP) is 1.13. The predicted molar refractivity (Wildman–Crippen MR) is 106 cm³/mol.